The summed E-state index contributed by atoms with van der Waals surface area (Å²) in [7, 11) is 0. The largest absolute Gasteiger partial charge is 0.385 e. The van der Waals surface area contributed by atoms with Crippen molar-refractivity contribution in [2.45, 2.75) is 38.7 Å². The summed E-state index contributed by atoms with van der Waals surface area (Å²) >= 11 is 3.45. The number of benzene rings is 2. The van der Waals surface area contributed by atoms with Crippen LogP contribution in [0.1, 0.15) is 43.4 Å². The van der Waals surface area contributed by atoms with Crippen LogP contribution in [0.3, 0.4) is 0 Å². The van der Waals surface area contributed by atoms with Gasteiger partial charge in [-0.3, -0.25) is 0 Å². The van der Waals surface area contributed by atoms with Gasteiger partial charge in [0.2, 0.25) is 0 Å². The highest BCUT2D eigenvalue weighted by molar-refractivity contribution is 9.10. The lowest BCUT2D eigenvalue weighted by Gasteiger charge is -2.24. The molecule has 2 heteroatoms. The lowest BCUT2D eigenvalue weighted by molar-refractivity contribution is 0.0575. The topological polar surface area (TPSA) is 20.2 Å². The van der Waals surface area contributed by atoms with Crippen LogP contribution >= 0.6 is 15.9 Å². The van der Waals surface area contributed by atoms with Crippen LogP contribution in [0.15, 0.2) is 53.0 Å². The van der Waals surface area contributed by atoms with Gasteiger partial charge in [-0.05, 0) is 41.7 Å². The maximum atomic E-state index is 10.7. The Morgan fingerprint density at radius 3 is 2.30 bits per heavy atom. The molecule has 0 fully saturated rings. The van der Waals surface area contributed by atoms with E-state index < -0.39 is 5.60 Å². The molecular weight excluding hydrogens is 312 g/mol. The SMILES string of the molecule is CC(C)c1ccc(CC(C)(O)c2cccc(Br)c2)cc1. The molecule has 2 aromatic rings. The normalized spacial score (nSPS) is 14.3. The molecule has 20 heavy (non-hydrogen) atoms. The molecule has 2 aromatic carbocycles. The molecule has 0 saturated carbocycles. The van der Waals surface area contributed by atoms with Crippen LogP contribution in [-0.4, -0.2) is 5.11 Å². The van der Waals surface area contributed by atoms with Gasteiger partial charge in [0.05, 0.1) is 5.60 Å². The molecule has 0 aliphatic rings. The quantitative estimate of drug-likeness (QED) is 0.833. The summed E-state index contributed by atoms with van der Waals surface area (Å²) in [5, 5.41) is 10.7. The number of halogens is 1. The first-order valence-electron chi connectivity index (χ1n) is 6.96. The van der Waals surface area contributed by atoms with Gasteiger partial charge in [0.15, 0.2) is 0 Å². The van der Waals surface area contributed by atoms with E-state index in [9.17, 15) is 5.11 Å². The van der Waals surface area contributed by atoms with E-state index >= 15 is 0 Å². The van der Waals surface area contributed by atoms with E-state index in [1.54, 1.807) is 0 Å². The van der Waals surface area contributed by atoms with Crippen molar-refractivity contribution in [1.82, 2.24) is 0 Å². The van der Waals surface area contributed by atoms with Gasteiger partial charge < -0.3 is 5.11 Å². The fraction of sp³-hybridized carbons (Fsp3) is 0.333. The molecule has 1 atom stereocenters. The van der Waals surface area contributed by atoms with Gasteiger partial charge in [0, 0.05) is 10.9 Å². The monoisotopic (exact) mass is 332 g/mol. The molecule has 0 radical (unpaired) electrons. The zero-order valence-electron chi connectivity index (χ0n) is 12.2. The van der Waals surface area contributed by atoms with Crippen molar-refractivity contribution in [3.63, 3.8) is 0 Å². The minimum atomic E-state index is -0.858. The van der Waals surface area contributed by atoms with Crippen LogP contribution in [0.4, 0.5) is 0 Å². The van der Waals surface area contributed by atoms with E-state index in [0.717, 1.165) is 15.6 Å². The van der Waals surface area contributed by atoms with Crippen LogP contribution < -0.4 is 0 Å². The van der Waals surface area contributed by atoms with Gasteiger partial charge in [-0.15, -0.1) is 0 Å². The molecule has 0 saturated heterocycles. The molecule has 0 aromatic heterocycles. The molecule has 0 aliphatic heterocycles. The highest BCUT2D eigenvalue weighted by Gasteiger charge is 2.23. The van der Waals surface area contributed by atoms with Gasteiger partial charge in [0.25, 0.3) is 0 Å². The maximum absolute atomic E-state index is 10.7. The Morgan fingerprint density at radius 1 is 1.10 bits per heavy atom. The molecule has 0 spiro atoms. The van der Waals surface area contributed by atoms with Gasteiger partial charge in [0.1, 0.15) is 0 Å². The van der Waals surface area contributed by atoms with Crippen molar-refractivity contribution in [2.75, 3.05) is 0 Å². The second kappa shape index (κ2) is 6.11. The van der Waals surface area contributed by atoms with E-state index in [1.165, 1.54) is 5.56 Å². The predicted octanol–water partition coefficient (Wildman–Crippen LogP) is 5.02. The van der Waals surface area contributed by atoms with E-state index in [1.807, 2.05) is 31.2 Å². The molecule has 2 rings (SSSR count). The van der Waals surface area contributed by atoms with Crippen molar-refractivity contribution in [3.8, 4) is 0 Å². The fourth-order valence-electron chi connectivity index (χ4n) is 2.34. The van der Waals surface area contributed by atoms with Crippen molar-refractivity contribution >= 4 is 15.9 Å². The highest BCUT2D eigenvalue weighted by atomic mass is 79.9. The van der Waals surface area contributed by atoms with Gasteiger partial charge in [-0.1, -0.05) is 66.2 Å². The molecule has 0 aliphatic carbocycles. The summed E-state index contributed by atoms with van der Waals surface area (Å²) in [6.07, 6.45) is 0.613. The molecule has 0 heterocycles. The third-order valence-corrected chi connectivity index (χ3v) is 4.13. The summed E-state index contributed by atoms with van der Waals surface area (Å²) in [5.41, 5.74) is 2.55. The van der Waals surface area contributed by atoms with Crippen LogP contribution in [0.2, 0.25) is 0 Å². The second-order valence-electron chi connectivity index (χ2n) is 5.86. The lowest BCUT2D eigenvalue weighted by Crippen LogP contribution is -2.24. The van der Waals surface area contributed by atoms with Crippen molar-refractivity contribution in [1.29, 1.82) is 0 Å². The molecule has 0 bridgehead atoms. The molecular formula is C18H21BrO. The van der Waals surface area contributed by atoms with Gasteiger partial charge in [-0.25, -0.2) is 0 Å². The Hall–Kier alpha value is -1.12. The zero-order valence-corrected chi connectivity index (χ0v) is 13.8. The first-order valence-corrected chi connectivity index (χ1v) is 7.75. The Bertz CT molecular complexity index is 570. The van der Waals surface area contributed by atoms with E-state index in [4.69, 9.17) is 0 Å². The fourth-order valence-corrected chi connectivity index (χ4v) is 2.74. The first-order chi connectivity index (χ1) is 9.38. The smallest absolute Gasteiger partial charge is 0.0909 e. The highest BCUT2D eigenvalue weighted by Crippen LogP contribution is 2.28. The predicted molar refractivity (Wildman–Crippen MR) is 87.9 cm³/mol. The average Bonchev–Trinajstić information content (AvgIpc) is 2.39. The van der Waals surface area contributed by atoms with E-state index in [-0.39, 0.29) is 0 Å². The minimum absolute atomic E-state index is 0.537. The Morgan fingerprint density at radius 2 is 1.75 bits per heavy atom. The molecule has 1 N–H and O–H groups in total. The van der Waals surface area contributed by atoms with E-state index in [2.05, 4.69) is 54.0 Å². The summed E-state index contributed by atoms with van der Waals surface area (Å²) in [4.78, 5) is 0. The Labute approximate surface area is 129 Å². The van der Waals surface area contributed by atoms with Gasteiger partial charge in [-0.2, -0.15) is 0 Å². The summed E-state index contributed by atoms with van der Waals surface area (Å²) in [5.74, 6) is 0.537. The van der Waals surface area contributed by atoms with Gasteiger partial charge >= 0.3 is 0 Å². The third kappa shape index (κ3) is 3.71. The molecule has 0 amide bonds. The van der Waals surface area contributed by atoms with E-state index in [0.29, 0.717) is 12.3 Å². The molecule has 1 unspecified atom stereocenters. The Kier molecular flexibility index (Phi) is 4.66. The summed E-state index contributed by atoms with van der Waals surface area (Å²) in [6, 6.07) is 16.4. The maximum Gasteiger partial charge on any atom is 0.0909 e. The van der Waals surface area contributed by atoms with Crippen molar-refractivity contribution in [2.24, 2.45) is 0 Å². The van der Waals surface area contributed by atoms with Crippen molar-refractivity contribution in [3.05, 3.63) is 69.7 Å². The number of aliphatic hydroxyl groups is 1. The summed E-state index contributed by atoms with van der Waals surface area (Å²) in [6.45, 7) is 6.24. The third-order valence-electron chi connectivity index (χ3n) is 3.64. The van der Waals surface area contributed by atoms with Crippen LogP contribution in [-0.2, 0) is 12.0 Å². The molecule has 1 nitrogen and oxygen atoms in total. The lowest BCUT2D eigenvalue weighted by atomic mass is 9.88. The first kappa shape index (κ1) is 15.3. The average molecular weight is 333 g/mol. The second-order valence-corrected chi connectivity index (χ2v) is 6.77. The minimum Gasteiger partial charge on any atom is -0.385 e. The van der Waals surface area contributed by atoms with Crippen LogP contribution in [0.25, 0.3) is 0 Å². The number of rotatable bonds is 4. The standard InChI is InChI=1S/C18H21BrO/c1-13(2)15-9-7-14(8-10-15)12-18(3,20)16-5-4-6-17(19)11-16/h4-11,13,20H,12H2,1-3H3. The molecule has 106 valence electrons. The number of hydrogen-bond donors (Lipinski definition) is 1. The summed E-state index contributed by atoms with van der Waals surface area (Å²) < 4.78 is 0.991. The van der Waals surface area contributed by atoms with Crippen molar-refractivity contribution < 1.29 is 5.11 Å². The van der Waals surface area contributed by atoms with Crippen LogP contribution in [0.5, 0.6) is 0 Å². The number of hydrogen-bond acceptors (Lipinski definition) is 1. The van der Waals surface area contributed by atoms with Crippen LogP contribution in [0, 0.1) is 0 Å². The Balaban J connectivity index is 2.19. The zero-order chi connectivity index (χ0) is 14.8.